The zero-order valence-electron chi connectivity index (χ0n) is 10.6. The lowest BCUT2D eigenvalue weighted by Gasteiger charge is -2.07. The van der Waals surface area contributed by atoms with Crippen LogP contribution in [0, 0.1) is 12.3 Å². The smallest absolute Gasteiger partial charge is 0.294 e. The number of rotatable bonds is 3. The topological polar surface area (TPSA) is 46.6 Å². The summed E-state index contributed by atoms with van der Waals surface area (Å²) in [6, 6.07) is 5.04. The van der Waals surface area contributed by atoms with Crippen molar-refractivity contribution in [2.24, 2.45) is 0 Å². The van der Waals surface area contributed by atoms with Gasteiger partial charge in [0.1, 0.15) is 5.75 Å². The van der Waals surface area contributed by atoms with Gasteiger partial charge in [-0.15, -0.1) is 6.42 Å². The Labute approximate surface area is 125 Å². The number of terminal acetylenes is 1. The molecule has 0 radical (unpaired) electrons. The highest BCUT2D eigenvalue weighted by Gasteiger charge is 2.34. The zero-order chi connectivity index (χ0) is 14.7. The van der Waals surface area contributed by atoms with Gasteiger partial charge in [-0.3, -0.25) is 14.5 Å². The summed E-state index contributed by atoms with van der Waals surface area (Å²) >= 11 is 6.77. The average molecular weight is 308 g/mol. The molecule has 6 heteroatoms. The molecule has 2 amide bonds. The van der Waals surface area contributed by atoms with Gasteiger partial charge in [-0.05, 0) is 36.0 Å². The molecular formula is C14H10ClNO3S. The Bertz CT molecular complexity index is 648. The Hall–Kier alpha value is -1.90. The van der Waals surface area contributed by atoms with Crippen LogP contribution < -0.4 is 4.74 Å². The van der Waals surface area contributed by atoms with E-state index >= 15 is 0 Å². The van der Waals surface area contributed by atoms with Crippen molar-refractivity contribution < 1.29 is 14.3 Å². The van der Waals surface area contributed by atoms with E-state index in [2.05, 4.69) is 5.92 Å². The summed E-state index contributed by atoms with van der Waals surface area (Å²) in [6.07, 6.45) is 6.71. The minimum absolute atomic E-state index is 0.0330. The zero-order valence-corrected chi connectivity index (χ0v) is 12.1. The van der Waals surface area contributed by atoms with Gasteiger partial charge < -0.3 is 4.74 Å². The fourth-order valence-electron chi connectivity index (χ4n) is 1.69. The maximum atomic E-state index is 12.0. The molecule has 1 saturated heterocycles. The maximum absolute atomic E-state index is 12.0. The van der Waals surface area contributed by atoms with Crippen LogP contribution in [0.2, 0.25) is 5.02 Å². The van der Waals surface area contributed by atoms with Crippen LogP contribution in [0.25, 0.3) is 6.08 Å². The molecule has 20 heavy (non-hydrogen) atoms. The van der Waals surface area contributed by atoms with Crippen LogP contribution in [-0.4, -0.2) is 29.7 Å². The van der Waals surface area contributed by atoms with E-state index in [0.29, 0.717) is 21.2 Å². The molecule has 0 N–H and O–H groups in total. The Balaban J connectivity index is 2.38. The van der Waals surface area contributed by atoms with Gasteiger partial charge in [-0.1, -0.05) is 17.5 Å². The summed E-state index contributed by atoms with van der Waals surface area (Å²) in [5.74, 6) is 2.45. The van der Waals surface area contributed by atoms with Crippen molar-refractivity contribution in [3.63, 3.8) is 0 Å². The Morgan fingerprint density at radius 2 is 2.25 bits per heavy atom. The third-order valence-corrected chi connectivity index (χ3v) is 3.74. The lowest BCUT2D eigenvalue weighted by molar-refractivity contribution is -0.122. The molecular weight excluding hydrogens is 298 g/mol. The number of hydrogen-bond donors (Lipinski definition) is 0. The number of methoxy groups -OCH3 is 1. The number of carbonyl (C=O) groups excluding carboxylic acids is 2. The number of nitrogens with zero attached hydrogens (tertiary/aromatic N) is 1. The molecule has 0 aromatic heterocycles. The van der Waals surface area contributed by atoms with E-state index in [-0.39, 0.29) is 11.8 Å². The quantitative estimate of drug-likeness (QED) is 0.636. The highest BCUT2D eigenvalue weighted by molar-refractivity contribution is 8.18. The molecule has 102 valence electrons. The first-order valence-electron chi connectivity index (χ1n) is 5.59. The van der Waals surface area contributed by atoms with E-state index in [4.69, 9.17) is 22.8 Å². The average Bonchev–Trinajstić information content (AvgIpc) is 2.67. The second-order valence-corrected chi connectivity index (χ2v) is 5.29. The van der Waals surface area contributed by atoms with E-state index in [9.17, 15) is 9.59 Å². The van der Waals surface area contributed by atoms with Crippen molar-refractivity contribution in [2.75, 3.05) is 13.7 Å². The standard InChI is InChI=1S/C14H10ClNO3S/c1-3-6-16-13(17)12(20-14(16)18)8-9-7-10(15)4-5-11(9)19-2/h1,4-5,7-8H,6H2,2H3. The second-order valence-electron chi connectivity index (χ2n) is 3.86. The van der Waals surface area contributed by atoms with Gasteiger partial charge >= 0.3 is 0 Å². The van der Waals surface area contributed by atoms with Crippen molar-refractivity contribution in [1.29, 1.82) is 0 Å². The molecule has 1 aromatic rings. The molecule has 1 aliphatic rings. The number of thioether (sulfide) groups is 1. The van der Waals surface area contributed by atoms with Crippen molar-refractivity contribution in [1.82, 2.24) is 4.90 Å². The van der Waals surface area contributed by atoms with Gasteiger partial charge in [0.25, 0.3) is 11.1 Å². The second kappa shape index (κ2) is 6.04. The molecule has 0 atom stereocenters. The van der Waals surface area contributed by atoms with Crippen molar-refractivity contribution in [2.45, 2.75) is 0 Å². The maximum Gasteiger partial charge on any atom is 0.294 e. The van der Waals surface area contributed by atoms with E-state index in [0.717, 1.165) is 16.7 Å². The lowest BCUT2D eigenvalue weighted by atomic mass is 10.2. The highest BCUT2D eigenvalue weighted by Crippen LogP contribution is 2.34. The molecule has 1 fully saturated rings. The molecule has 2 rings (SSSR count). The monoisotopic (exact) mass is 307 g/mol. The normalized spacial score (nSPS) is 16.6. The van der Waals surface area contributed by atoms with Crippen LogP contribution in [0.15, 0.2) is 23.1 Å². The Morgan fingerprint density at radius 1 is 1.50 bits per heavy atom. The SMILES string of the molecule is C#CCN1C(=O)SC(=Cc2cc(Cl)ccc2OC)C1=O. The van der Waals surface area contributed by atoms with Crippen molar-refractivity contribution >= 4 is 40.6 Å². The minimum atomic E-state index is -0.403. The molecule has 0 aliphatic carbocycles. The molecule has 0 unspecified atom stereocenters. The van der Waals surface area contributed by atoms with Gasteiger partial charge in [0.05, 0.1) is 18.6 Å². The summed E-state index contributed by atoms with van der Waals surface area (Å²) in [5, 5.41) is 0.139. The van der Waals surface area contributed by atoms with Gasteiger partial charge in [-0.25, -0.2) is 0 Å². The predicted molar refractivity (Wildman–Crippen MR) is 79.5 cm³/mol. The molecule has 1 heterocycles. The highest BCUT2D eigenvalue weighted by atomic mass is 35.5. The number of amides is 2. The number of halogens is 1. The van der Waals surface area contributed by atoms with E-state index in [1.807, 2.05) is 0 Å². The fraction of sp³-hybridized carbons (Fsp3) is 0.143. The van der Waals surface area contributed by atoms with Crippen molar-refractivity contribution in [3.8, 4) is 18.1 Å². The summed E-state index contributed by atoms with van der Waals surface area (Å²) < 4.78 is 5.19. The lowest BCUT2D eigenvalue weighted by Crippen LogP contribution is -2.28. The summed E-state index contributed by atoms with van der Waals surface area (Å²) in [5.41, 5.74) is 0.631. The molecule has 0 saturated carbocycles. The first-order chi connectivity index (χ1) is 9.56. The van der Waals surface area contributed by atoms with Crippen LogP contribution in [0.4, 0.5) is 4.79 Å². The van der Waals surface area contributed by atoms with Crippen LogP contribution in [-0.2, 0) is 4.79 Å². The Kier molecular flexibility index (Phi) is 4.38. The van der Waals surface area contributed by atoms with Crippen molar-refractivity contribution in [3.05, 3.63) is 33.7 Å². The van der Waals surface area contributed by atoms with Gasteiger partial charge in [0.2, 0.25) is 0 Å². The fourth-order valence-corrected chi connectivity index (χ4v) is 2.70. The third kappa shape index (κ3) is 2.82. The Morgan fingerprint density at radius 3 is 2.90 bits per heavy atom. The number of carbonyl (C=O) groups is 2. The van der Waals surface area contributed by atoms with Crippen LogP contribution in [0.5, 0.6) is 5.75 Å². The van der Waals surface area contributed by atoms with E-state index in [1.54, 1.807) is 24.3 Å². The number of imide groups is 1. The van der Waals surface area contributed by atoms with E-state index < -0.39 is 5.91 Å². The summed E-state index contributed by atoms with van der Waals surface area (Å²) in [6.45, 7) is -0.0330. The largest absolute Gasteiger partial charge is 0.496 e. The number of ether oxygens (including phenoxy) is 1. The van der Waals surface area contributed by atoms with Gasteiger partial charge in [-0.2, -0.15) is 0 Å². The van der Waals surface area contributed by atoms with E-state index in [1.165, 1.54) is 7.11 Å². The molecule has 0 bridgehead atoms. The summed E-state index contributed by atoms with van der Waals surface area (Å²) in [4.78, 5) is 25.0. The number of benzene rings is 1. The van der Waals surface area contributed by atoms with Crippen LogP contribution >= 0.6 is 23.4 Å². The molecule has 4 nitrogen and oxygen atoms in total. The molecule has 1 aromatic carbocycles. The summed E-state index contributed by atoms with van der Waals surface area (Å²) in [7, 11) is 1.52. The molecule has 1 aliphatic heterocycles. The molecule has 0 spiro atoms. The predicted octanol–water partition coefficient (Wildman–Crippen LogP) is 3.02. The minimum Gasteiger partial charge on any atom is -0.496 e. The van der Waals surface area contributed by atoms with Gasteiger partial charge in [0, 0.05) is 10.6 Å². The third-order valence-electron chi connectivity index (χ3n) is 2.60. The number of hydrogen-bond acceptors (Lipinski definition) is 4. The van der Waals surface area contributed by atoms with Crippen LogP contribution in [0.3, 0.4) is 0 Å². The first-order valence-corrected chi connectivity index (χ1v) is 6.78. The first kappa shape index (κ1) is 14.5. The van der Waals surface area contributed by atoms with Gasteiger partial charge in [0.15, 0.2) is 0 Å². The van der Waals surface area contributed by atoms with Crippen LogP contribution in [0.1, 0.15) is 5.56 Å².